The molecule has 34 heavy (non-hydrogen) atoms. The zero-order valence-corrected chi connectivity index (χ0v) is 18.8. The van der Waals surface area contributed by atoms with Crippen molar-refractivity contribution in [3.63, 3.8) is 0 Å². The largest absolute Gasteiger partial charge is 0.508 e. The van der Waals surface area contributed by atoms with E-state index in [4.69, 9.17) is 0 Å². The van der Waals surface area contributed by atoms with Gasteiger partial charge in [-0.15, -0.1) is 0 Å². The van der Waals surface area contributed by atoms with Crippen LogP contribution in [0.4, 0.5) is 0 Å². The Kier molecular flexibility index (Phi) is 5.66. The second kappa shape index (κ2) is 8.79. The van der Waals surface area contributed by atoms with Crippen LogP contribution in [0.3, 0.4) is 0 Å². The van der Waals surface area contributed by atoms with E-state index in [2.05, 4.69) is 0 Å². The maximum absolute atomic E-state index is 9.99. The lowest BCUT2D eigenvalue weighted by molar-refractivity contribution is 0.267. The maximum Gasteiger partial charge on any atom is 0.115 e. The van der Waals surface area contributed by atoms with Crippen molar-refractivity contribution in [2.24, 2.45) is 0 Å². The Bertz CT molecular complexity index is 1200. The van der Waals surface area contributed by atoms with E-state index in [1.807, 2.05) is 48.5 Å². The van der Waals surface area contributed by atoms with Crippen LogP contribution in [-0.2, 0) is 5.41 Å². The lowest BCUT2D eigenvalue weighted by Crippen LogP contribution is -2.39. The fraction of sp³-hybridized carbons (Fsp3) is 0.200. The first-order valence-corrected chi connectivity index (χ1v) is 11.6. The molecule has 4 nitrogen and oxygen atoms in total. The second-order valence-electron chi connectivity index (χ2n) is 9.27. The SMILES string of the molecule is Oc1ccc(C2CCC(c3ccc(O)cc3)(c3ccc(O)cc3)C(c3ccc(O)cc3)C2)cc1. The summed E-state index contributed by atoms with van der Waals surface area (Å²) in [5.41, 5.74) is 4.16. The van der Waals surface area contributed by atoms with Gasteiger partial charge in [-0.05, 0) is 102 Å². The van der Waals surface area contributed by atoms with Crippen LogP contribution in [0.1, 0.15) is 53.4 Å². The van der Waals surface area contributed by atoms with E-state index < -0.39 is 0 Å². The molecule has 0 bridgehead atoms. The van der Waals surface area contributed by atoms with Crippen molar-refractivity contribution in [3.8, 4) is 23.0 Å². The average molecular weight is 453 g/mol. The smallest absolute Gasteiger partial charge is 0.115 e. The summed E-state index contributed by atoms with van der Waals surface area (Å²) in [6.45, 7) is 0. The number of rotatable bonds is 4. The van der Waals surface area contributed by atoms with Gasteiger partial charge >= 0.3 is 0 Å². The second-order valence-corrected chi connectivity index (χ2v) is 9.27. The summed E-state index contributed by atoms with van der Waals surface area (Å²) >= 11 is 0. The van der Waals surface area contributed by atoms with Crippen LogP contribution in [-0.4, -0.2) is 20.4 Å². The third kappa shape index (κ3) is 3.96. The Morgan fingerprint density at radius 3 is 1.32 bits per heavy atom. The first-order chi connectivity index (χ1) is 16.5. The van der Waals surface area contributed by atoms with Gasteiger partial charge in [-0.2, -0.15) is 0 Å². The third-order valence-electron chi connectivity index (χ3n) is 7.43. The van der Waals surface area contributed by atoms with E-state index in [9.17, 15) is 20.4 Å². The molecule has 4 N–H and O–H groups in total. The highest BCUT2D eigenvalue weighted by molar-refractivity contribution is 5.49. The topological polar surface area (TPSA) is 80.9 Å². The molecule has 1 fully saturated rings. The number of phenols is 4. The van der Waals surface area contributed by atoms with Crippen molar-refractivity contribution in [3.05, 3.63) is 119 Å². The van der Waals surface area contributed by atoms with Gasteiger partial charge in [0.2, 0.25) is 0 Å². The quantitative estimate of drug-likeness (QED) is 0.283. The Balaban J connectivity index is 1.68. The lowest BCUT2D eigenvalue weighted by atomic mass is 9.55. The molecule has 1 aliphatic carbocycles. The molecule has 2 atom stereocenters. The molecule has 1 aliphatic rings. The van der Waals surface area contributed by atoms with Crippen LogP contribution < -0.4 is 0 Å². The molecular formula is C30H28O4. The number of phenolic OH excluding ortho intramolecular Hbond substituents is 4. The van der Waals surface area contributed by atoms with Gasteiger partial charge in [-0.1, -0.05) is 48.5 Å². The molecular weight excluding hydrogens is 424 g/mol. The fourth-order valence-electron chi connectivity index (χ4n) is 5.73. The molecule has 4 aromatic carbocycles. The van der Waals surface area contributed by atoms with Crippen molar-refractivity contribution >= 4 is 0 Å². The summed E-state index contributed by atoms with van der Waals surface area (Å²) in [4.78, 5) is 0. The minimum atomic E-state index is -0.383. The number of benzene rings is 4. The van der Waals surface area contributed by atoms with Gasteiger partial charge in [0, 0.05) is 5.41 Å². The van der Waals surface area contributed by atoms with Crippen molar-refractivity contribution in [2.45, 2.75) is 36.5 Å². The highest BCUT2D eigenvalue weighted by Gasteiger charge is 2.47. The molecule has 5 rings (SSSR count). The van der Waals surface area contributed by atoms with Crippen LogP contribution in [0.5, 0.6) is 23.0 Å². The third-order valence-corrected chi connectivity index (χ3v) is 7.43. The normalized spacial score (nSPS) is 19.5. The Hall–Kier alpha value is -3.92. The van der Waals surface area contributed by atoms with E-state index >= 15 is 0 Å². The Morgan fingerprint density at radius 2 is 0.882 bits per heavy atom. The highest BCUT2D eigenvalue weighted by Crippen LogP contribution is 2.57. The van der Waals surface area contributed by atoms with E-state index in [-0.39, 0.29) is 34.3 Å². The van der Waals surface area contributed by atoms with Crippen molar-refractivity contribution in [1.82, 2.24) is 0 Å². The van der Waals surface area contributed by atoms with E-state index in [1.165, 1.54) is 5.56 Å². The molecule has 0 radical (unpaired) electrons. The van der Waals surface area contributed by atoms with Gasteiger partial charge in [-0.3, -0.25) is 0 Å². The molecule has 0 heterocycles. The van der Waals surface area contributed by atoms with Crippen molar-refractivity contribution in [1.29, 1.82) is 0 Å². The molecule has 0 aromatic heterocycles. The van der Waals surface area contributed by atoms with Crippen LogP contribution in [0.2, 0.25) is 0 Å². The molecule has 4 aromatic rings. The molecule has 0 amide bonds. The first-order valence-electron chi connectivity index (χ1n) is 11.6. The highest BCUT2D eigenvalue weighted by atomic mass is 16.3. The number of hydrogen-bond acceptors (Lipinski definition) is 4. The molecule has 2 unspecified atom stereocenters. The van der Waals surface area contributed by atoms with Gasteiger partial charge in [0.25, 0.3) is 0 Å². The zero-order valence-electron chi connectivity index (χ0n) is 18.8. The lowest BCUT2D eigenvalue weighted by Gasteiger charge is -2.48. The van der Waals surface area contributed by atoms with Gasteiger partial charge in [0.05, 0.1) is 0 Å². The average Bonchev–Trinajstić information content (AvgIpc) is 2.86. The van der Waals surface area contributed by atoms with Gasteiger partial charge < -0.3 is 20.4 Å². The summed E-state index contributed by atoms with van der Waals surface area (Å²) in [5, 5.41) is 39.7. The Labute approximate surface area is 199 Å². The number of aromatic hydroxyl groups is 4. The minimum Gasteiger partial charge on any atom is -0.508 e. The Morgan fingerprint density at radius 1 is 0.500 bits per heavy atom. The van der Waals surface area contributed by atoms with Gasteiger partial charge in [0.1, 0.15) is 23.0 Å². The molecule has 0 spiro atoms. The molecule has 172 valence electrons. The summed E-state index contributed by atoms with van der Waals surface area (Å²) in [7, 11) is 0. The molecule has 0 aliphatic heterocycles. The summed E-state index contributed by atoms with van der Waals surface area (Å²) in [6.07, 6.45) is 2.68. The molecule has 0 saturated heterocycles. The van der Waals surface area contributed by atoms with Crippen molar-refractivity contribution in [2.75, 3.05) is 0 Å². The van der Waals surface area contributed by atoms with Crippen LogP contribution in [0, 0.1) is 0 Å². The summed E-state index contributed by atoms with van der Waals surface area (Å²) in [6, 6.07) is 29.9. The van der Waals surface area contributed by atoms with Crippen molar-refractivity contribution < 1.29 is 20.4 Å². The fourth-order valence-corrected chi connectivity index (χ4v) is 5.73. The molecule has 1 saturated carbocycles. The monoisotopic (exact) mass is 452 g/mol. The standard InChI is InChI=1S/C30H28O4/c31-25-9-1-20(2-10-25)22-17-18-30(23-5-13-27(33)14-6-23,24-7-15-28(34)16-8-24)29(19-22)21-3-11-26(32)12-4-21/h1-16,22,29,31-34H,17-19H2. The molecule has 4 heteroatoms. The van der Waals surface area contributed by atoms with Crippen LogP contribution in [0.25, 0.3) is 0 Å². The van der Waals surface area contributed by atoms with E-state index in [0.717, 1.165) is 36.0 Å². The van der Waals surface area contributed by atoms with E-state index in [0.29, 0.717) is 5.92 Å². The summed E-state index contributed by atoms with van der Waals surface area (Å²) in [5.74, 6) is 1.33. The predicted molar refractivity (Wildman–Crippen MR) is 133 cm³/mol. The van der Waals surface area contributed by atoms with Gasteiger partial charge in [-0.25, -0.2) is 0 Å². The minimum absolute atomic E-state index is 0.0785. The number of hydrogen-bond donors (Lipinski definition) is 4. The summed E-state index contributed by atoms with van der Waals surface area (Å²) < 4.78 is 0. The van der Waals surface area contributed by atoms with Crippen LogP contribution >= 0.6 is 0 Å². The first kappa shape index (κ1) is 21.9. The van der Waals surface area contributed by atoms with E-state index in [1.54, 1.807) is 48.5 Å². The van der Waals surface area contributed by atoms with Gasteiger partial charge in [0.15, 0.2) is 0 Å². The maximum atomic E-state index is 9.99. The van der Waals surface area contributed by atoms with Crippen LogP contribution in [0.15, 0.2) is 97.1 Å². The zero-order chi connectivity index (χ0) is 23.7. The predicted octanol–water partition coefficient (Wildman–Crippen LogP) is 6.55.